The Morgan fingerprint density at radius 2 is 1.62 bits per heavy atom. The van der Waals surface area contributed by atoms with Gasteiger partial charge in [-0.05, 0) is 30.5 Å². The molecule has 0 unspecified atom stereocenters. The van der Waals surface area contributed by atoms with Gasteiger partial charge in [-0.1, -0.05) is 56.0 Å². The first-order chi connectivity index (χ1) is 15.7. The van der Waals surface area contributed by atoms with Crippen LogP contribution >= 0.6 is 0 Å². The third-order valence-corrected chi connectivity index (χ3v) is 5.53. The van der Waals surface area contributed by atoms with Gasteiger partial charge < -0.3 is 20.7 Å². The average molecular weight is 437 g/mol. The predicted octanol–water partition coefficient (Wildman–Crippen LogP) is 5.51. The summed E-state index contributed by atoms with van der Waals surface area (Å²) in [5.74, 6) is 1.05. The summed E-state index contributed by atoms with van der Waals surface area (Å²) in [7, 11) is 1.44. The Kier molecular flexibility index (Phi) is 7.32. The fourth-order valence-corrected chi connectivity index (χ4v) is 3.83. The van der Waals surface area contributed by atoms with Crippen molar-refractivity contribution in [3.05, 3.63) is 59.9 Å². The lowest BCUT2D eigenvalue weighted by Gasteiger charge is -2.17. The Balaban J connectivity index is 1.54. The molecule has 1 aliphatic carbocycles. The molecule has 4 rings (SSSR count). The second-order valence-corrected chi connectivity index (χ2v) is 7.95. The molecule has 0 saturated heterocycles. The minimum absolute atomic E-state index is 0.187. The van der Waals surface area contributed by atoms with Gasteiger partial charge in [-0.3, -0.25) is 0 Å². The molecule has 8 heteroatoms. The van der Waals surface area contributed by atoms with E-state index in [0.29, 0.717) is 36.1 Å². The maximum Gasteiger partial charge on any atom is 0.233 e. The summed E-state index contributed by atoms with van der Waals surface area (Å²) in [6, 6.07) is 15.0. The summed E-state index contributed by atoms with van der Waals surface area (Å²) < 4.78 is 19.1. The largest absolute Gasteiger partial charge is 0.494 e. The van der Waals surface area contributed by atoms with E-state index >= 15 is 0 Å². The fourth-order valence-electron chi connectivity index (χ4n) is 3.83. The van der Waals surface area contributed by atoms with Crippen molar-refractivity contribution < 1.29 is 9.13 Å². The van der Waals surface area contributed by atoms with Gasteiger partial charge in [-0.15, -0.1) is 0 Å². The summed E-state index contributed by atoms with van der Waals surface area (Å²) >= 11 is 0. The van der Waals surface area contributed by atoms with Crippen molar-refractivity contribution >= 4 is 23.5 Å². The first-order valence-corrected chi connectivity index (χ1v) is 11.1. The molecule has 1 aliphatic rings. The van der Waals surface area contributed by atoms with Crippen molar-refractivity contribution in [3.63, 3.8) is 0 Å². The Bertz CT molecular complexity index is 1010. The number of ether oxygens (including phenoxy) is 1. The lowest BCUT2D eigenvalue weighted by molar-refractivity contribution is 0.386. The first-order valence-electron chi connectivity index (χ1n) is 11.1. The van der Waals surface area contributed by atoms with Gasteiger partial charge in [-0.2, -0.15) is 15.0 Å². The van der Waals surface area contributed by atoms with Crippen LogP contribution in [0.4, 0.5) is 27.9 Å². The molecule has 1 aromatic heterocycles. The molecular weight excluding hydrogens is 407 g/mol. The molecule has 1 fully saturated rings. The molecule has 7 nitrogen and oxygen atoms in total. The van der Waals surface area contributed by atoms with E-state index < -0.39 is 5.82 Å². The summed E-state index contributed by atoms with van der Waals surface area (Å²) in [6.45, 7) is 0.588. The van der Waals surface area contributed by atoms with Crippen LogP contribution in [0, 0.1) is 5.82 Å². The molecule has 1 heterocycles. The number of nitrogens with zero attached hydrogens (tertiary/aromatic N) is 3. The quantitative estimate of drug-likeness (QED) is 0.402. The van der Waals surface area contributed by atoms with Gasteiger partial charge in [0, 0.05) is 24.3 Å². The number of rotatable bonds is 8. The van der Waals surface area contributed by atoms with Crippen LogP contribution in [0.5, 0.6) is 5.75 Å². The van der Waals surface area contributed by atoms with Crippen molar-refractivity contribution in [2.24, 2.45) is 0 Å². The standard InChI is InChI=1S/C24H29FN6O/c1-32-21-14-13-19(15-20(21)25)28-24-30-22(26-16-17-9-5-4-6-10-17)29-23(31-24)27-18-11-7-2-3-8-12-18/h4-6,9-10,13-15,18H,2-3,7-8,11-12,16H2,1H3,(H3,26,27,28,29,30,31). The summed E-state index contributed by atoms with van der Waals surface area (Å²) in [5, 5.41) is 9.84. The Morgan fingerprint density at radius 1 is 0.906 bits per heavy atom. The zero-order chi connectivity index (χ0) is 22.2. The predicted molar refractivity (Wildman–Crippen MR) is 125 cm³/mol. The van der Waals surface area contributed by atoms with E-state index in [9.17, 15) is 4.39 Å². The molecule has 2 aromatic carbocycles. The molecule has 32 heavy (non-hydrogen) atoms. The highest BCUT2D eigenvalue weighted by Crippen LogP contribution is 2.24. The van der Waals surface area contributed by atoms with Crippen LogP contribution in [0.15, 0.2) is 48.5 Å². The molecule has 0 spiro atoms. The van der Waals surface area contributed by atoms with E-state index in [-0.39, 0.29) is 5.75 Å². The SMILES string of the molecule is COc1ccc(Nc2nc(NCc3ccccc3)nc(NC3CCCCCC3)n2)cc1F. The van der Waals surface area contributed by atoms with Gasteiger partial charge in [0.05, 0.1) is 7.11 Å². The monoisotopic (exact) mass is 436 g/mol. The Morgan fingerprint density at radius 3 is 2.34 bits per heavy atom. The highest BCUT2D eigenvalue weighted by Gasteiger charge is 2.15. The second kappa shape index (κ2) is 10.7. The summed E-state index contributed by atoms with van der Waals surface area (Å²) in [4.78, 5) is 13.6. The fraction of sp³-hybridized carbons (Fsp3) is 0.375. The molecule has 168 valence electrons. The number of anilines is 4. The maximum atomic E-state index is 14.1. The van der Waals surface area contributed by atoms with E-state index in [1.807, 2.05) is 30.3 Å². The minimum Gasteiger partial charge on any atom is -0.494 e. The minimum atomic E-state index is -0.453. The number of methoxy groups -OCH3 is 1. The molecule has 3 N–H and O–H groups in total. The topological polar surface area (TPSA) is 84.0 Å². The lowest BCUT2D eigenvalue weighted by atomic mass is 10.1. The molecular formula is C24H29FN6O. The van der Waals surface area contributed by atoms with E-state index in [0.717, 1.165) is 18.4 Å². The van der Waals surface area contributed by atoms with Crippen LogP contribution < -0.4 is 20.7 Å². The van der Waals surface area contributed by atoms with Crippen LogP contribution in [-0.2, 0) is 6.54 Å². The number of hydrogen-bond donors (Lipinski definition) is 3. The van der Waals surface area contributed by atoms with E-state index in [4.69, 9.17) is 4.74 Å². The van der Waals surface area contributed by atoms with Crippen LogP contribution in [0.25, 0.3) is 0 Å². The number of nitrogens with one attached hydrogen (secondary N) is 3. The van der Waals surface area contributed by atoms with E-state index in [1.54, 1.807) is 12.1 Å². The summed E-state index contributed by atoms with van der Waals surface area (Å²) in [5.41, 5.74) is 1.65. The lowest BCUT2D eigenvalue weighted by Crippen LogP contribution is -2.21. The Hall–Kier alpha value is -3.42. The third-order valence-electron chi connectivity index (χ3n) is 5.53. The van der Waals surface area contributed by atoms with Gasteiger partial charge in [-0.25, -0.2) is 4.39 Å². The van der Waals surface area contributed by atoms with E-state index in [1.165, 1.54) is 38.9 Å². The average Bonchev–Trinajstić information content (AvgIpc) is 3.07. The highest BCUT2D eigenvalue weighted by atomic mass is 19.1. The number of halogens is 1. The van der Waals surface area contributed by atoms with Crippen LogP contribution in [-0.4, -0.2) is 28.1 Å². The highest BCUT2D eigenvalue weighted by molar-refractivity contribution is 5.57. The van der Waals surface area contributed by atoms with Gasteiger partial charge in [0.2, 0.25) is 17.8 Å². The molecule has 1 saturated carbocycles. The van der Waals surface area contributed by atoms with Crippen LogP contribution in [0.3, 0.4) is 0 Å². The van der Waals surface area contributed by atoms with Crippen molar-refractivity contribution in [3.8, 4) is 5.75 Å². The Labute approximate surface area is 187 Å². The first kappa shape index (κ1) is 21.8. The number of benzene rings is 2. The van der Waals surface area contributed by atoms with Crippen molar-refractivity contribution in [1.82, 2.24) is 15.0 Å². The van der Waals surface area contributed by atoms with Crippen LogP contribution in [0.2, 0.25) is 0 Å². The normalized spacial score (nSPS) is 14.4. The number of aromatic nitrogens is 3. The van der Waals surface area contributed by atoms with Gasteiger partial charge in [0.25, 0.3) is 0 Å². The molecule has 0 amide bonds. The molecule has 0 aliphatic heterocycles. The van der Waals surface area contributed by atoms with Gasteiger partial charge in [0.15, 0.2) is 11.6 Å². The van der Waals surface area contributed by atoms with Crippen molar-refractivity contribution in [2.45, 2.75) is 51.1 Å². The van der Waals surface area contributed by atoms with Crippen molar-refractivity contribution in [2.75, 3.05) is 23.1 Å². The van der Waals surface area contributed by atoms with E-state index in [2.05, 4.69) is 30.9 Å². The smallest absolute Gasteiger partial charge is 0.233 e. The molecule has 0 bridgehead atoms. The zero-order valence-electron chi connectivity index (χ0n) is 18.3. The molecule has 3 aromatic rings. The van der Waals surface area contributed by atoms with Crippen LogP contribution in [0.1, 0.15) is 44.1 Å². The maximum absolute atomic E-state index is 14.1. The molecule has 0 radical (unpaired) electrons. The molecule has 0 atom stereocenters. The van der Waals surface area contributed by atoms with Crippen molar-refractivity contribution in [1.29, 1.82) is 0 Å². The summed E-state index contributed by atoms with van der Waals surface area (Å²) in [6.07, 6.45) is 7.16. The number of hydrogen-bond acceptors (Lipinski definition) is 7. The second-order valence-electron chi connectivity index (χ2n) is 7.95. The van der Waals surface area contributed by atoms with Gasteiger partial charge >= 0.3 is 0 Å². The van der Waals surface area contributed by atoms with Gasteiger partial charge in [0.1, 0.15) is 0 Å². The third kappa shape index (κ3) is 6.06. The zero-order valence-corrected chi connectivity index (χ0v) is 18.3.